The maximum Gasteiger partial charge on any atom is 0.293 e. The van der Waals surface area contributed by atoms with Crippen molar-refractivity contribution >= 4 is 27.3 Å². The Bertz CT molecular complexity index is 424. The van der Waals surface area contributed by atoms with Crippen LogP contribution < -0.4 is 5.32 Å². The predicted octanol–water partition coefficient (Wildman–Crippen LogP) is 3.83. The molecule has 0 heterocycles. The van der Waals surface area contributed by atoms with Crippen LogP contribution in [0.5, 0.6) is 0 Å². The van der Waals surface area contributed by atoms with Gasteiger partial charge in [-0.15, -0.1) is 0 Å². The van der Waals surface area contributed by atoms with Gasteiger partial charge in [0.1, 0.15) is 5.69 Å². The summed E-state index contributed by atoms with van der Waals surface area (Å²) < 4.78 is 6.15. The van der Waals surface area contributed by atoms with E-state index in [9.17, 15) is 10.1 Å². The largest absolute Gasteiger partial charge is 0.381 e. The third kappa shape index (κ3) is 6.02. The van der Waals surface area contributed by atoms with E-state index >= 15 is 0 Å². The van der Waals surface area contributed by atoms with Crippen LogP contribution in [0, 0.1) is 16.0 Å². The lowest BCUT2D eigenvalue weighted by atomic mass is 10.2. The highest BCUT2D eigenvalue weighted by molar-refractivity contribution is 9.10. The van der Waals surface area contributed by atoms with Gasteiger partial charge in [-0.2, -0.15) is 0 Å². The summed E-state index contributed by atoms with van der Waals surface area (Å²) in [5.74, 6) is 0.528. The molecule has 1 aromatic carbocycles. The second-order valence-electron chi connectivity index (χ2n) is 4.67. The van der Waals surface area contributed by atoms with Gasteiger partial charge in [-0.25, -0.2) is 0 Å². The van der Waals surface area contributed by atoms with Crippen LogP contribution in [-0.4, -0.2) is 24.7 Å². The number of nitro benzene ring substituents is 1. The highest BCUT2D eigenvalue weighted by Gasteiger charge is 2.13. The van der Waals surface area contributed by atoms with E-state index in [4.69, 9.17) is 4.74 Å². The van der Waals surface area contributed by atoms with Crippen molar-refractivity contribution in [1.29, 1.82) is 0 Å². The van der Waals surface area contributed by atoms with E-state index < -0.39 is 0 Å². The number of benzene rings is 1. The van der Waals surface area contributed by atoms with E-state index in [2.05, 4.69) is 35.1 Å². The molecule has 1 N–H and O–H groups in total. The summed E-state index contributed by atoms with van der Waals surface area (Å²) in [5.41, 5.74) is 0.620. The van der Waals surface area contributed by atoms with E-state index in [-0.39, 0.29) is 10.6 Å². The number of anilines is 1. The minimum absolute atomic E-state index is 0.0810. The molecule has 1 rings (SSSR count). The van der Waals surface area contributed by atoms with Crippen LogP contribution in [0.4, 0.5) is 11.4 Å². The molecule has 0 aliphatic carbocycles. The first-order valence-corrected chi connectivity index (χ1v) is 7.05. The first-order valence-electron chi connectivity index (χ1n) is 6.26. The summed E-state index contributed by atoms with van der Waals surface area (Å²) in [4.78, 5) is 10.5. The average molecular weight is 331 g/mol. The molecule has 19 heavy (non-hydrogen) atoms. The Kier molecular flexibility index (Phi) is 6.80. The lowest BCUT2D eigenvalue weighted by molar-refractivity contribution is -0.384. The van der Waals surface area contributed by atoms with E-state index in [1.807, 2.05) is 0 Å². The summed E-state index contributed by atoms with van der Waals surface area (Å²) in [6.45, 7) is 6.27. The molecule has 1 aromatic rings. The van der Waals surface area contributed by atoms with Crippen LogP contribution in [0.2, 0.25) is 0 Å². The molecule has 0 spiro atoms. The van der Waals surface area contributed by atoms with Gasteiger partial charge in [-0.05, 0) is 24.5 Å². The molecule has 0 fully saturated rings. The van der Waals surface area contributed by atoms with Crippen molar-refractivity contribution < 1.29 is 9.66 Å². The average Bonchev–Trinajstić information content (AvgIpc) is 2.34. The molecule has 0 aliphatic rings. The predicted molar refractivity (Wildman–Crippen MR) is 79.6 cm³/mol. The number of hydrogen-bond acceptors (Lipinski definition) is 4. The standard InChI is InChI=1S/C13H19BrN2O3/c1-10(2)9-19-7-3-6-15-12-5-4-11(14)8-13(12)16(17)18/h4-5,8,10,15H,3,6-7,9H2,1-2H3. The van der Waals surface area contributed by atoms with Crippen LogP contribution >= 0.6 is 15.9 Å². The van der Waals surface area contributed by atoms with Gasteiger partial charge in [0, 0.05) is 30.3 Å². The number of halogens is 1. The quantitative estimate of drug-likeness (QED) is 0.447. The van der Waals surface area contributed by atoms with Gasteiger partial charge in [0.2, 0.25) is 0 Å². The summed E-state index contributed by atoms with van der Waals surface area (Å²) in [6.07, 6.45) is 0.819. The zero-order valence-electron chi connectivity index (χ0n) is 11.2. The Labute approximate surface area is 121 Å². The van der Waals surface area contributed by atoms with Gasteiger partial charge in [0.25, 0.3) is 5.69 Å². The summed E-state index contributed by atoms with van der Waals surface area (Å²) in [7, 11) is 0. The molecule has 0 atom stereocenters. The molecule has 6 heteroatoms. The molecule has 106 valence electrons. The van der Waals surface area contributed by atoms with Crippen LogP contribution in [0.1, 0.15) is 20.3 Å². The fourth-order valence-electron chi connectivity index (χ4n) is 1.52. The van der Waals surface area contributed by atoms with Crippen LogP contribution in [0.15, 0.2) is 22.7 Å². The maximum atomic E-state index is 10.9. The minimum atomic E-state index is -0.387. The Morgan fingerprint density at radius 1 is 1.47 bits per heavy atom. The molecule has 5 nitrogen and oxygen atoms in total. The maximum absolute atomic E-state index is 10.9. The molecular formula is C13H19BrN2O3. The van der Waals surface area contributed by atoms with Gasteiger partial charge in [0.15, 0.2) is 0 Å². The van der Waals surface area contributed by atoms with Crippen molar-refractivity contribution in [2.75, 3.05) is 25.1 Å². The smallest absolute Gasteiger partial charge is 0.293 e. The van der Waals surface area contributed by atoms with Gasteiger partial charge in [-0.3, -0.25) is 10.1 Å². The minimum Gasteiger partial charge on any atom is -0.381 e. The number of nitrogens with one attached hydrogen (secondary N) is 1. The van der Waals surface area contributed by atoms with Crippen molar-refractivity contribution in [2.45, 2.75) is 20.3 Å². The van der Waals surface area contributed by atoms with Crippen molar-refractivity contribution in [3.05, 3.63) is 32.8 Å². The zero-order valence-corrected chi connectivity index (χ0v) is 12.8. The molecule has 0 unspecified atom stereocenters. The Balaban J connectivity index is 2.39. The Morgan fingerprint density at radius 2 is 2.21 bits per heavy atom. The molecule has 0 bridgehead atoms. The SMILES string of the molecule is CC(C)COCCCNc1ccc(Br)cc1[N+](=O)[O-]. The normalized spacial score (nSPS) is 10.7. The van der Waals surface area contributed by atoms with Crippen molar-refractivity contribution in [3.63, 3.8) is 0 Å². The van der Waals surface area contributed by atoms with Crippen molar-refractivity contribution in [3.8, 4) is 0 Å². The lowest BCUT2D eigenvalue weighted by Crippen LogP contribution is -2.09. The monoisotopic (exact) mass is 330 g/mol. The van der Waals surface area contributed by atoms with Crippen LogP contribution in [-0.2, 0) is 4.74 Å². The van der Waals surface area contributed by atoms with E-state index in [0.29, 0.717) is 29.2 Å². The molecular weight excluding hydrogens is 312 g/mol. The second kappa shape index (κ2) is 8.12. The van der Waals surface area contributed by atoms with Gasteiger partial charge >= 0.3 is 0 Å². The Morgan fingerprint density at radius 3 is 2.84 bits per heavy atom. The highest BCUT2D eigenvalue weighted by Crippen LogP contribution is 2.27. The fraction of sp³-hybridized carbons (Fsp3) is 0.538. The van der Waals surface area contributed by atoms with Gasteiger partial charge in [-0.1, -0.05) is 29.8 Å². The molecule has 0 aromatic heterocycles. The van der Waals surface area contributed by atoms with E-state index in [1.165, 1.54) is 6.07 Å². The zero-order chi connectivity index (χ0) is 14.3. The van der Waals surface area contributed by atoms with Crippen LogP contribution in [0.3, 0.4) is 0 Å². The van der Waals surface area contributed by atoms with Crippen molar-refractivity contribution in [1.82, 2.24) is 0 Å². The van der Waals surface area contributed by atoms with E-state index in [0.717, 1.165) is 13.0 Å². The number of ether oxygens (including phenoxy) is 1. The summed E-state index contributed by atoms with van der Waals surface area (Å²) >= 11 is 3.23. The van der Waals surface area contributed by atoms with Crippen LogP contribution in [0.25, 0.3) is 0 Å². The van der Waals surface area contributed by atoms with Gasteiger partial charge < -0.3 is 10.1 Å². The first kappa shape index (κ1) is 15.9. The van der Waals surface area contributed by atoms with Crippen molar-refractivity contribution in [2.24, 2.45) is 5.92 Å². The molecule has 0 amide bonds. The topological polar surface area (TPSA) is 64.4 Å². The van der Waals surface area contributed by atoms with E-state index in [1.54, 1.807) is 12.1 Å². The first-order chi connectivity index (χ1) is 9.00. The molecule has 0 saturated heterocycles. The molecule has 0 saturated carbocycles. The summed E-state index contributed by atoms with van der Waals surface area (Å²) in [6, 6.07) is 4.99. The third-order valence-electron chi connectivity index (χ3n) is 2.39. The van der Waals surface area contributed by atoms with Gasteiger partial charge in [0.05, 0.1) is 4.92 Å². The number of rotatable bonds is 8. The number of nitro groups is 1. The molecule has 0 radical (unpaired) electrons. The molecule has 0 aliphatic heterocycles. The third-order valence-corrected chi connectivity index (χ3v) is 2.88. The highest BCUT2D eigenvalue weighted by atomic mass is 79.9. The number of hydrogen-bond donors (Lipinski definition) is 1. The fourth-order valence-corrected chi connectivity index (χ4v) is 1.87. The number of nitrogens with zero attached hydrogens (tertiary/aromatic N) is 1. The summed E-state index contributed by atoms with van der Waals surface area (Å²) in [5, 5.41) is 14.0. The lowest BCUT2D eigenvalue weighted by Gasteiger charge is -2.09. The Hall–Kier alpha value is -1.14. The second-order valence-corrected chi connectivity index (χ2v) is 5.58.